The van der Waals surface area contributed by atoms with E-state index in [1.165, 1.54) is 0 Å². The molecule has 0 fully saturated rings. The van der Waals surface area contributed by atoms with Crippen molar-refractivity contribution in [3.63, 3.8) is 0 Å². The first-order chi connectivity index (χ1) is 6.29. The fourth-order valence-corrected chi connectivity index (χ4v) is 1.30. The summed E-state index contributed by atoms with van der Waals surface area (Å²) >= 11 is 0. The van der Waals surface area contributed by atoms with Crippen molar-refractivity contribution in [3.8, 4) is 5.75 Å². The van der Waals surface area contributed by atoms with Crippen molar-refractivity contribution in [1.29, 1.82) is 0 Å². The fraction of sp³-hybridized carbons (Fsp3) is 0.222. The Balaban J connectivity index is 0.000000980. The molecule has 2 rings (SSSR count). The van der Waals surface area contributed by atoms with E-state index in [2.05, 4.69) is 4.89 Å². The molecular weight excluding hydrogens is 208 g/mol. The van der Waals surface area contributed by atoms with E-state index < -0.39 is 11.9 Å². The van der Waals surface area contributed by atoms with Crippen LogP contribution in [0.1, 0.15) is 11.5 Å². The van der Waals surface area contributed by atoms with Crippen molar-refractivity contribution in [2.75, 3.05) is 6.61 Å². The summed E-state index contributed by atoms with van der Waals surface area (Å²) in [5, 5.41) is 8.85. The molecule has 1 atom stereocenters. The summed E-state index contributed by atoms with van der Waals surface area (Å²) in [4.78, 5) is 20.3. The molecule has 0 radical (unpaired) electrons. The maximum Gasteiger partial charge on any atom is 0.313 e. The Bertz CT molecular complexity index is 339. The third-order valence-electron chi connectivity index (χ3n) is 1.98. The van der Waals surface area contributed by atoms with E-state index in [1.807, 2.05) is 0 Å². The maximum atomic E-state index is 10.8. The van der Waals surface area contributed by atoms with Gasteiger partial charge in [-0.1, -0.05) is 18.2 Å². The molecule has 1 aromatic rings. The molecule has 1 aliphatic rings. The molecule has 1 aliphatic heterocycles. The van der Waals surface area contributed by atoms with Gasteiger partial charge in [-0.05, 0) is 6.07 Å². The van der Waals surface area contributed by atoms with Crippen molar-refractivity contribution < 1.29 is 19.7 Å². The van der Waals surface area contributed by atoms with Gasteiger partial charge in [-0.2, -0.15) is 4.89 Å². The van der Waals surface area contributed by atoms with Crippen LogP contribution in [0.4, 0.5) is 0 Å². The summed E-state index contributed by atoms with van der Waals surface area (Å²) in [6, 6.07) is 6.97. The molecule has 1 heterocycles. The third kappa shape index (κ3) is 1.81. The number of rotatable bonds is 1. The van der Waals surface area contributed by atoms with Gasteiger partial charge >= 0.3 is 5.97 Å². The molecule has 0 saturated heterocycles. The first kappa shape index (κ1) is 10.8. The van der Waals surface area contributed by atoms with E-state index in [-0.39, 0.29) is 19.0 Å². The van der Waals surface area contributed by atoms with Gasteiger partial charge in [-0.15, -0.1) is 12.4 Å². The Morgan fingerprint density at radius 3 is 2.86 bits per heavy atom. The lowest BCUT2D eigenvalue weighted by Gasteiger charge is -2.20. The summed E-state index contributed by atoms with van der Waals surface area (Å²) in [5.41, 5.74) is 0.668. The largest absolute Gasteiger partial charge is 0.481 e. The predicted octanol–water partition coefficient (Wildman–Crippen LogP) is 1.60. The highest BCUT2D eigenvalue weighted by molar-refractivity contribution is 5.85. The molecule has 0 bridgehead atoms. The molecule has 0 amide bonds. The lowest BCUT2D eigenvalue weighted by molar-refractivity contribution is -0.223. The molecule has 1 N–H and O–H groups in total. The number of carbonyl (C=O) groups is 1. The molecule has 4 nitrogen and oxygen atoms in total. The number of aliphatic carboxylic acids is 1. The van der Waals surface area contributed by atoms with Crippen LogP contribution in [0.5, 0.6) is 5.75 Å². The highest BCUT2D eigenvalue weighted by atomic mass is 35.5. The molecule has 1 aromatic carbocycles. The molecule has 0 saturated carbocycles. The van der Waals surface area contributed by atoms with Crippen molar-refractivity contribution in [3.05, 3.63) is 29.8 Å². The van der Waals surface area contributed by atoms with Crippen molar-refractivity contribution in [2.24, 2.45) is 0 Å². The topological polar surface area (TPSA) is 55.8 Å². The summed E-state index contributed by atoms with van der Waals surface area (Å²) in [6.07, 6.45) is 0. The summed E-state index contributed by atoms with van der Waals surface area (Å²) in [7, 11) is 0. The normalized spacial score (nSPS) is 18.7. The minimum atomic E-state index is -0.893. The number of para-hydroxylation sites is 1. The zero-order valence-corrected chi connectivity index (χ0v) is 7.99. The van der Waals surface area contributed by atoms with Crippen LogP contribution < -0.4 is 4.89 Å². The van der Waals surface area contributed by atoms with Gasteiger partial charge in [0.05, 0.1) is 0 Å². The number of carboxylic acids is 1. The number of carboxylic acid groups (broad SMARTS) is 1. The van der Waals surface area contributed by atoms with E-state index in [1.54, 1.807) is 24.3 Å². The van der Waals surface area contributed by atoms with Gasteiger partial charge in [-0.25, -0.2) is 0 Å². The number of fused-ring (bicyclic) bond motifs is 1. The lowest BCUT2D eigenvalue weighted by atomic mass is 9.99. The molecular formula is C9H9ClO4. The summed E-state index contributed by atoms with van der Waals surface area (Å²) in [6.45, 7) is 0.0619. The van der Waals surface area contributed by atoms with Crippen LogP contribution in [0.15, 0.2) is 24.3 Å². The smallest absolute Gasteiger partial charge is 0.313 e. The minimum Gasteiger partial charge on any atom is -0.481 e. The van der Waals surface area contributed by atoms with Crippen molar-refractivity contribution in [1.82, 2.24) is 0 Å². The Labute approximate surface area is 86.8 Å². The van der Waals surface area contributed by atoms with Gasteiger partial charge < -0.3 is 9.99 Å². The van der Waals surface area contributed by atoms with Crippen LogP contribution >= 0.6 is 12.4 Å². The second-order valence-electron chi connectivity index (χ2n) is 2.80. The molecule has 1 unspecified atom stereocenters. The Hall–Kier alpha value is -1.26. The fourth-order valence-electron chi connectivity index (χ4n) is 1.30. The highest BCUT2D eigenvalue weighted by Gasteiger charge is 2.28. The quantitative estimate of drug-likeness (QED) is 0.725. The zero-order valence-electron chi connectivity index (χ0n) is 7.17. The third-order valence-corrected chi connectivity index (χ3v) is 1.98. The zero-order chi connectivity index (χ0) is 9.26. The highest BCUT2D eigenvalue weighted by Crippen LogP contribution is 2.30. The molecule has 0 spiro atoms. The van der Waals surface area contributed by atoms with Gasteiger partial charge in [0.25, 0.3) is 0 Å². The molecule has 76 valence electrons. The van der Waals surface area contributed by atoms with Crippen LogP contribution in [0.2, 0.25) is 0 Å². The van der Waals surface area contributed by atoms with Crippen LogP contribution in [0, 0.1) is 0 Å². The number of hydrogen-bond acceptors (Lipinski definition) is 3. The average molecular weight is 217 g/mol. The Morgan fingerprint density at radius 1 is 1.43 bits per heavy atom. The van der Waals surface area contributed by atoms with Crippen LogP contribution in [-0.2, 0) is 9.68 Å². The average Bonchev–Trinajstić information content (AvgIpc) is 2.17. The molecule has 0 aliphatic carbocycles. The van der Waals surface area contributed by atoms with E-state index in [0.717, 1.165) is 0 Å². The van der Waals surface area contributed by atoms with Crippen LogP contribution in [-0.4, -0.2) is 17.7 Å². The molecule has 14 heavy (non-hydrogen) atoms. The molecule has 5 heteroatoms. The van der Waals surface area contributed by atoms with Crippen molar-refractivity contribution in [2.45, 2.75) is 5.92 Å². The maximum absolute atomic E-state index is 10.8. The Kier molecular flexibility index (Phi) is 3.33. The van der Waals surface area contributed by atoms with E-state index in [0.29, 0.717) is 11.3 Å². The van der Waals surface area contributed by atoms with Gasteiger partial charge in [0.2, 0.25) is 0 Å². The first-order valence-corrected chi connectivity index (χ1v) is 3.90. The number of benzene rings is 1. The monoisotopic (exact) mass is 216 g/mol. The lowest BCUT2D eigenvalue weighted by Crippen LogP contribution is -2.23. The standard InChI is InChI=1S/C9H8O4.ClH/c10-9(11)7-5-12-13-8-4-2-1-3-6(7)8;/h1-4,7H,5H2,(H,10,11);1H. The van der Waals surface area contributed by atoms with Gasteiger partial charge in [0.15, 0.2) is 5.75 Å². The SMILES string of the molecule is Cl.O=C(O)C1COOc2ccccc21. The molecule has 0 aromatic heterocycles. The first-order valence-electron chi connectivity index (χ1n) is 3.90. The number of hydrogen-bond donors (Lipinski definition) is 1. The van der Waals surface area contributed by atoms with E-state index in [9.17, 15) is 4.79 Å². The second kappa shape index (κ2) is 4.30. The Morgan fingerprint density at radius 2 is 2.14 bits per heavy atom. The van der Waals surface area contributed by atoms with Crippen molar-refractivity contribution >= 4 is 18.4 Å². The minimum absolute atomic E-state index is 0. The predicted molar refractivity (Wildman–Crippen MR) is 50.6 cm³/mol. The van der Waals surface area contributed by atoms with Gasteiger partial charge in [0, 0.05) is 5.56 Å². The van der Waals surface area contributed by atoms with Crippen LogP contribution in [0.3, 0.4) is 0 Å². The van der Waals surface area contributed by atoms with Gasteiger partial charge in [0.1, 0.15) is 12.5 Å². The van der Waals surface area contributed by atoms with Crippen LogP contribution in [0.25, 0.3) is 0 Å². The van der Waals surface area contributed by atoms with Gasteiger partial charge in [-0.3, -0.25) is 4.79 Å². The summed E-state index contributed by atoms with van der Waals surface area (Å²) < 4.78 is 0. The van der Waals surface area contributed by atoms with E-state index in [4.69, 9.17) is 9.99 Å². The van der Waals surface area contributed by atoms with E-state index >= 15 is 0 Å². The summed E-state index contributed by atoms with van der Waals surface area (Å²) in [5.74, 6) is -1.03. The second-order valence-corrected chi connectivity index (χ2v) is 2.80. The number of halogens is 1.